The molecule has 5 N–H and O–H groups in total. The minimum atomic E-state index is -3.63. The zero-order valence-corrected chi connectivity index (χ0v) is 23.5. The van der Waals surface area contributed by atoms with E-state index in [1.54, 1.807) is 60.7 Å². The van der Waals surface area contributed by atoms with E-state index in [0.29, 0.717) is 49.8 Å². The second-order valence-corrected chi connectivity index (χ2v) is 11.1. The van der Waals surface area contributed by atoms with Crippen LogP contribution in [0.25, 0.3) is 0 Å². The second kappa shape index (κ2) is 17.0. The Morgan fingerprint density at radius 2 is 1.60 bits per heavy atom. The van der Waals surface area contributed by atoms with Crippen molar-refractivity contribution >= 4 is 15.7 Å². The molecule has 0 radical (unpaired) electrons. The Bertz CT molecular complexity index is 1260. The Hall–Kier alpha value is -2.99. The fourth-order valence-corrected chi connectivity index (χ4v) is 5.12. The number of rotatable bonds is 19. The molecule has 0 aliphatic carbocycles. The molecule has 0 aromatic heterocycles. The Kier molecular flexibility index (Phi) is 13.4. The Labute approximate surface area is 236 Å². The molecule has 1 atom stereocenters. The van der Waals surface area contributed by atoms with Gasteiger partial charge in [0.1, 0.15) is 5.75 Å². The van der Waals surface area contributed by atoms with E-state index in [2.05, 4.69) is 10.0 Å². The maximum Gasteiger partial charge on any atom is 0.261 e. The lowest BCUT2D eigenvalue weighted by Crippen LogP contribution is -2.22. The Morgan fingerprint density at radius 1 is 0.825 bits per heavy atom. The van der Waals surface area contributed by atoms with Crippen molar-refractivity contribution in [3.63, 3.8) is 0 Å². The molecule has 0 bridgehead atoms. The van der Waals surface area contributed by atoms with Crippen LogP contribution in [0, 0.1) is 0 Å². The van der Waals surface area contributed by atoms with E-state index in [0.717, 1.165) is 37.8 Å². The molecule has 3 aromatic carbocycles. The standard InChI is InChI=1S/C30H40N2O7S/c33-22-26-20-25(13-14-29(26)34)30(35)21-31-15-6-1-2-7-16-38-17-18-39-23-24-9-8-10-27(19-24)32-40(36,37)28-11-4-3-5-12-28/h3-5,8-14,19-20,30-35H,1-2,6-7,15-18,21-23H2/t30-/m1/s1. The first-order valence-electron chi connectivity index (χ1n) is 13.5. The van der Waals surface area contributed by atoms with Crippen molar-refractivity contribution in [3.8, 4) is 5.75 Å². The summed E-state index contributed by atoms with van der Waals surface area (Å²) in [5.41, 5.74) is 2.42. The predicted octanol–water partition coefficient (Wildman–Crippen LogP) is 4.10. The largest absolute Gasteiger partial charge is 0.508 e. The van der Waals surface area contributed by atoms with Crippen molar-refractivity contribution in [1.29, 1.82) is 0 Å². The molecule has 40 heavy (non-hydrogen) atoms. The third-order valence-electron chi connectivity index (χ3n) is 6.26. The van der Waals surface area contributed by atoms with Gasteiger partial charge < -0.3 is 30.1 Å². The quantitative estimate of drug-likeness (QED) is 0.135. The van der Waals surface area contributed by atoms with E-state index in [4.69, 9.17) is 9.47 Å². The van der Waals surface area contributed by atoms with Gasteiger partial charge >= 0.3 is 0 Å². The van der Waals surface area contributed by atoms with Crippen LogP contribution >= 0.6 is 0 Å². The first-order valence-corrected chi connectivity index (χ1v) is 15.0. The summed E-state index contributed by atoms with van der Waals surface area (Å²) in [4.78, 5) is 0.214. The van der Waals surface area contributed by atoms with E-state index in [9.17, 15) is 23.7 Å². The maximum atomic E-state index is 12.5. The number of nitrogens with one attached hydrogen (secondary N) is 2. The normalized spacial score (nSPS) is 12.3. The third kappa shape index (κ3) is 10.9. The van der Waals surface area contributed by atoms with Gasteiger partial charge in [-0.25, -0.2) is 8.42 Å². The topological polar surface area (TPSA) is 137 Å². The first-order chi connectivity index (χ1) is 19.4. The summed E-state index contributed by atoms with van der Waals surface area (Å²) in [6.45, 7) is 2.91. The number of ether oxygens (including phenoxy) is 2. The van der Waals surface area contributed by atoms with Gasteiger partial charge in [0.2, 0.25) is 0 Å². The van der Waals surface area contributed by atoms with E-state index >= 15 is 0 Å². The van der Waals surface area contributed by atoms with Crippen molar-refractivity contribution in [1.82, 2.24) is 5.32 Å². The van der Waals surface area contributed by atoms with Crippen molar-refractivity contribution in [2.24, 2.45) is 0 Å². The fourth-order valence-electron chi connectivity index (χ4n) is 4.05. The van der Waals surface area contributed by atoms with Crippen LogP contribution in [0.1, 0.15) is 48.5 Å². The SMILES string of the molecule is O=S(=O)(Nc1cccc(COCCOCCCCCCNC[C@@H](O)c2ccc(O)c(CO)c2)c1)c1ccccc1. The molecule has 0 aliphatic rings. The molecule has 10 heteroatoms. The Balaban J connectivity index is 1.18. The van der Waals surface area contributed by atoms with Gasteiger partial charge in [0.05, 0.1) is 37.4 Å². The van der Waals surface area contributed by atoms with Crippen molar-refractivity contribution in [2.75, 3.05) is 37.6 Å². The Morgan fingerprint density at radius 3 is 2.40 bits per heavy atom. The number of hydrogen-bond acceptors (Lipinski definition) is 8. The van der Waals surface area contributed by atoms with Crippen LogP contribution in [-0.2, 0) is 32.7 Å². The van der Waals surface area contributed by atoms with Gasteiger partial charge in [-0.2, -0.15) is 0 Å². The molecule has 0 heterocycles. The van der Waals surface area contributed by atoms with Gasteiger partial charge in [-0.3, -0.25) is 4.72 Å². The number of aromatic hydroxyl groups is 1. The lowest BCUT2D eigenvalue weighted by atomic mass is 10.1. The molecule has 0 amide bonds. The average Bonchev–Trinajstić information content (AvgIpc) is 2.96. The van der Waals surface area contributed by atoms with Crippen LogP contribution < -0.4 is 10.0 Å². The van der Waals surface area contributed by atoms with Crippen LogP contribution in [0.2, 0.25) is 0 Å². The highest BCUT2D eigenvalue weighted by molar-refractivity contribution is 7.92. The summed E-state index contributed by atoms with van der Waals surface area (Å²) < 4.78 is 38.9. The summed E-state index contributed by atoms with van der Waals surface area (Å²) >= 11 is 0. The summed E-state index contributed by atoms with van der Waals surface area (Å²) in [5, 5.41) is 32.4. The number of benzene rings is 3. The summed E-state index contributed by atoms with van der Waals surface area (Å²) in [5.74, 6) is 0.0258. The van der Waals surface area contributed by atoms with E-state index in [-0.39, 0.29) is 17.3 Å². The number of anilines is 1. The highest BCUT2D eigenvalue weighted by Crippen LogP contribution is 2.22. The predicted molar refractivity (Wildman–Crippen MR) is 154 cm³/mol. The van der Waals surface area contributed by atoms with Gasteiger partial charge in [0, 0.05) is 24.4 Å². The third-order valence-corrected chi connectivity index (χ3v) is 7.66. The van der Waals surface area contributed by atoms with Gasteiger partial charge in [-0.15, -0.1) is 0 Å². The van der Waals surface area contributed by atoms with Gasteiger partial charge in [0.25, 0.3) is 10.0 Å². The maximum absolute atomic E-state index is 12.5. The summed E-state index contributed by atoms with van der Waals surface area (Å²) in [7, 11) is -3.63. The number of phenols is 1. The molecule has 218 valence electrons. The molecule has 0 saturated heterocycles. The van der Waals surface area contributed by atoms with Crippen molar-refractivity contribution in [3.05, 3.63) is 89.5 Å². The highest BCUT2D eigenvalue weighted by atomic mass is 32.2. The zero-order valence-electron chi connectivity index (χ0n) is 22.7. The molecule has 3 aromatic rings. The highest BCUT2D eigenvalue weighted by Gasteiger charge is 2.13. The molecular weight excluding hydrogens is 532 g/mol. The molecule has 0 fully saturated rings. The summed E-state index contributed by atoms with van der Waals surface area (Å²) in [6.07, 6.45) is 3.37. The zero-order chi connectivity index (χ0) is 28.6. The van der Waals surface area contributed by atoms with Crippen LogP contribution in [-0.4, -0.2) is 56.6 Å². The fraction of sp³-hybridized carbons (Fsp3) is 0.400. The monoisotopic (exact) mass is 572 g/mol. The second-order valence-electron chi connectivity index (χ2n) is 9.46. The van der Waals surface area contributed by atoms with E-state index in [1.165, 1.54) is 6.07 Å². The molecule has 0 aliphatic heterocycles. The van der Waals surface area contributed by atoms with Gasteiger partial charge in [0.15, 0.2) is 0 Å². The summed E-state index contributed by atoms with van der Waals surface area (Å²) in [6, 6.07) is 20.1. The molecular formula is C30H40N2O7S. The number of sulfonamides is 1. The van der Waals surface area contributed by atoms with Gasteiger partial charge in [-0.05, 0) is 66.9 Å². The molecule has 0 spiro atoms. The minimum Gasteiger partial charge on any atom is -0.508 e. The van der Waals surface area contributed by atoms with Crippen LogP contribution in [0.3, 0.4) is 0 Å². The van der Waals surface area contributed by atoms with Crippen LogP contribution in [0.15, 0.2) is 77.7 Å². The molecule has 0 saturated carbocycles. The number of hydrogen-bond donors (Lipinski definition) is 5. The number of aliphatic hydroxyl groups is 2. The van der Waals surface area contributed by atoms with E-state index in [1.807, 2.05) is 6.07 Å². The van der Waals surface area contributed by atoms with Gasteiger partial charge in [-0.1, -0.05) is 49.2 Å². The van der Waals surface area contributed by atoms with Crippen molar-refractivity contribution < 1.29 is 33.2 Å². The van der Waals surface area contributed by atoms with Crippen molar-refractivity contribution in [2.45, 2.75) is 49.9 Å². The van der Waals surface area contributed by atoms with Crippen LogP contribution in [0.5, 0.6) is 5.75 Å². The molecule has 9 nitrogen and oxygen atoms in total. The molecule has 3 rings (SSSR count). The lowest BCUT2D eigenvalue weighted by Gasteiger charge is -2.14. The smallest absolute Gasteiger partial charge is 0.261 e. The minimum absolute atomic E-state index is 0.0258. The first kappa shape index (κ1) is 31.5. The molecule has 0 unspecified atom stereocenters. The van der Waals surface area contributed by atoms with Crippen LogP contribution in [0.4, 0.5) is 5.69 Å². The number of aliphatic hydroxyl groups excluding tert-OH is 2. The lowest BCUT2D eigenvalue weighted by molar-refractivity contribution is 0.0393. The number of unbranched alkanes of at least 4 members (excludes halogenated alkanes) is 3. The van der Waals surface area contributed by atoms with E-state index < -0.39 is 16.1 Å². The average molecular weight is 573 g/mol.